The lowest BCUT2D eigenvalue weighted by Crippen LogP contribution is -2.12. The van der Waals surface area contributed by atoms with Crippen LogP contribution in [0.1, 0.15) is 26.4 Å². The largest absolute Gasteiger partial charge is 0.477 e. The Bertz CT molecular complexity index is 639. The van der Waals surface area contributed by atoms with E-state index in [1.165, 1.54) is 18.3 Å². The summed E-state index contributed by atoms with van der Waals surface area (Å²) in [6.45, 7) is 0. The van der Waals surface area contributed by atoms with Gasteiger partial charge >= 0.3 is 5.97 Å². The number of aromatic nitrogens is 1. The number of thioether (sulfide) groups is 1. The number of aromatic carboxylic acids is 1. The molecule has 0 radical (unpaired) electrons. The first-order valence-electron chi connectivity index (χ1n) is 6.18. The van der Waals surface area contributed by atoms with E-state index in [0.29, 0.717) is 11.3 Å². The average molecular weight is 302 g/mol. The Balaban J connectivity index is 2.05. The molecular formula is C15H14N2O3S. The third-order valence-electron chi connectivity index (χ3n) is 2.77. The molecule has 0 saturated heterocycles. The van der Waals surface area contributed by atoms with Gasteiger partial charge in [0.05, 0.1) is 11.9 Å². The van der Waals surface area contributed by atoms with Gasteiger partial charge in [-0.1, -0.05) is 12.1 Å². The number of rotatable bonds is 5. The van der Waals surface area contributed by atoms with Gasteiger partial charge in [-0.25, -0.2) is 9.78 Å². The van der Waals surface area contributed by atoms with E-state index in [2.05, 4.69) is 10.3 Å². The molecule has 1 aromatic carbocycles. The lowest BCUT2D eigenvalue weighted by Gasteiger charge is -2.06. The highest BCUT2D eigenvalue weighted by atomic mass is 32.2. The SMILES string of the molecule is CSCc1ccc(C(=O)Nc2ccc(C(=O)O)nc2)cc1. The van der Waals surface area contributed by atoms with Crippen molar-refractivity contribution in [2.75, 3.05) is 11.6 Å². The van der Waals surface area contributed by atoms with Crippen LogP contribution in [0.25, 0.3) is 0 Å². The van der Waals surface area contributed by atoms with Crippen LogP contribution in [0.3, 0.4) is 0 Å². The molecule has 0 fully saturated rings. The molecule has 6 heteroatoms. The summed E-state index contributed by atoms with van der Waals surface area (Å²) >= 11 is 1.72. The number of nitrogens with zero attached hydrogens (tertiary/aromatic N) is 1. The van der Waals surface area contributed by atoms with Crippen molar-refractivity contribution >= 4 is 29.3 Å². The molecule has 1 aromatic heterocycles. The van der Waals surface area contributed by atoms with Crippen LogP contribution in [0.15, 0.2) is 42.6 Å². The Labute approximate surface area is 126 Å². The molecule has 2 aromatic rings. The van der Waals surface area contributed by atoms with Gasteiger partial charge in [0.25, 0.3) is 5.91 Å². The van der Waals surface area contributed by atoms with Crippen molar-refractivity contribution < 1.29 is 14.7 Å². The van der Waals surface area contributed by atoms with Crippen molar-refractivity contribution in [3.05, 3.63) is 59.4 Å². The van der Waals surface area contributed by atoms with Crippen LogP contribution in [0.4, 0.5) is 5.69 Å². The molecule has 0 saturated carbocycles. The van der Waals surface area contributed by atoms with E-state index in [1.54, 1.807) is 23.9 Å². The lowest BCUT2D eigenvalue weighted by atomic mass is 10.1. The van der Waals surface area contributed by atoms with Crippen molar-refractivity contribution in [2.45, 2.75) is 5.75 Å². The molecule has 2 N–H and O–H groups in total. The van der Waals surface area contributed by atoms with Crippen molar-refractivity contribution in [3.8, 4) is 0 Å². The van der Waals surface area contributed by atoms with Crippen LogP contribution in [-0.2, 0) is 5.75 Å². The molecule has 0 spiro atoms. The number of carboxylic acids is 1. The lowest BCUT2D eigenvalue weighted by molar-refractivity contribution is 0.0690. The number of carbonyl (C=O) groups excluding carboxylic acids is 1. The number of hydrogen-bond donors (Lipinski definition) is 2. The number of carboxylic acid groups (broad SMARTS) is 1. The zero-order chi connectivity index (χ0) is 15.2. The van der Waals surface area contributed by atoms with Crippen molar-refractivity contribution in [2.24, 2.45) is 0 Å². The van der Waals surface area contributed by atoms with Gasteiger partial charge in [0, 0.05) is 11.3 Å². The first kappa shape index (κ1) is 15.1. The third-order valence-corrected chi connectivity index (χ3v) is 3.39. The summed E-state index contributed by atoms with van der Waals surface area (Å²) in [6.07, 6.45) is 3.35. The second-order valence-corrected chi connectivity index (χ2v) is 5.19. The highest BCUT2D eigenvalue weighted by molar-refractivity contribution is 7.97. The fourth-order valence-corrected chi connectivity index (χ4v) is 2.24. The van der Waals surface area contributed by atoms with Crippen LogP contribution in [-0.4, -0.2) is 28.2 Å². The number of nitrogens with one attached hydrogen (secondary N) is 1. The zero-order valence-corrected chi connectivity index (χ0v) is 12.2. The van der Waals surface area contributed by atoms with E-state index in [4.69, 9.17) is 5.11 Å². The Hall–Kier alpha value is -2.34. The monoisotopic (exact) mass is 302 g/mol. The molecule has 21 heavy (non-hydrogen) atoms. The van der Waals surface area contributed by atoms with Crippen LogP contribution in [0.2, 0.25) is 0 Å². The maximum absolute atomic E-state index is 12.0. The predicted octanol–water partition coefficient (Wildman–Crippen LogP) is 2.90. The maximum Gasteiger partial charge on any atom is 0.354 e. The third kappa shape index (κ3) is 4.06. The summed E-state index contributed by atoms with van der Waals surface area (Å²) in [6, 6.07) is 10.2. The van der Waals surface area contributed by atoms with Gasteiger partial charge in [-0.15, -0.1) is 0 Å². The maximum atomic E-state index is 12.0. The highest BCUT2D eigenvalue weighted by Crippen LogP contribution is 2.13. The number of pyridine rings is 1. The topological polar surface area (TPSA) is 79.3 Å². The minimum absolute atomic E-state index is 0.0607. The van der Waals surface area contributed by atoms with Gasteiger partial charge in [0.2, 0.25) is 0 Å². The minimum atomic E-state index is -1.10. The molecule has 0 aliphatic rings. The first-order valence-corrected chi connectivity index (χ1v) is 7.58. The quantitative estimate of drug-likeness (QED) is 0.887. The Kier molecular flexibility index (Phi) is 4.94. The van der Waals surface area contributed by atoms with E-state index >= 15 is 0 Å². The van der Waals surface area contributed by atoms with E-state index in [1.807, 2.05) is 18.4 Å². The molecule has 0 aliphatic carbocycles. The van der Waals surface area contributed by atoms with Crippen LogP contribution >= 0.6 is 11.8 Å². The van der Waals surface area contributed by atoms with Gasteiger partial charge in [0.1, 0.15) is 5.69 Å². The summed E-state index contributed by atoms with van der Waals surface area (Å²) in [7, 11) is 0. The van der Waals surface area contributed by atoms with E-state index in [9.17, 15) is 9.59 Å². The number of hydrogen-bond acceptors (Lipinski definition) is 4. The average Bonchev–Trinajstić information content (AvgIpc) is 2.49. The second kappa shape index (κ2) is 6.90. The van der Waals surface area contributed by atoms with E-state index in [0.717, 1.165) is 11.3 Å². The fraction of sp³-hybridized carbons (Fsp3) is 0.133. The molecule has 1 amide bonds. The zero-order valence-electron chi connectivity index (χ0n) is 11.4. The van der Waals surface area contributed by atoms with E-state index < -0.39 is 5.97 Å². The molecule has 0 unspecified atom stereocenters. The summed E-state index contributed by atoms with van der Waals surface area (Å²) in [5.41, 5.74) is 2.10. The molecule has 0 aliphatic heterocycles. The Morgan fingerprint density at radius 2 is 1.90 bits per heavy atom. The molecule has 1 heterocycles. The molecular weight excluding hydrogens is 288 g/mol. The molecule has 0 bridgehead atoms. The summed E-state index contributed by atoms with van der Waals surface area (Å²) < 4.78 is 0. The number of amides is 1. The standard InChI is InChI=1S/C15H14N2O3S/c1-21-9-10-2-4-11(5-3-10)14(18)17-12-6-7-13(15(19)20)16-8-12/h2-8H,9H2,1H3,(H,17,18)(H,19,20). The van der Waals surface area contributed by atoms with Crippen molar-refractivity contribution in [3.63, 3.8) is 0 Å². The summed E-state index contributed by atoms with van der Waals surface area (Å²) in [5, 5.41) is 11.4. The van der Waals surface area contributed by atoms with Gasteiger partial charge in [0.15, 0.2) is 0 Å². The number of anilines is 1. The van der Waals surface area contributed by atoms with Crippen LogP contribution < -0.4 is 5.32 Å². The Morgan fingerprint density at radius 1 is 1.19 bits per heavy atom. The van der Waals surface area contributed by atoms with Gasteiger partial charge in [-0.05, 0) is 36.1 Å². The van der Waals surface area contributed by atoms with Crippen LogP contribution in [0.5, 0.6) is 0 Å². The van der Waals surface area contributed by atoms with Gasteiger partial charge in [-0.2, -0.15) is 11.8 Å². The number of carbonyl (C=O) groups is 2. The molecule has 108 valence electrons. The van der Waals surface area contributed by atoms with E-state index in [-0.39, 0.29) is 11.6 Å². The molecule has 2 rings (SSSR count). The molecule has 0 atom stereocenters. The first-order chi connectivity index (χ1) is 10.1. The molecule has 5 nitrogen and oxygen atoms in total. The summed E-state index contributed by atoms with van der Waals surface area (Å²) in [4.78, 5) is 26.5. The van der Waals surface area contributed by atoms with Gasteiger partial charge < -0.3 is 10.4 Å². The van der Waals surface area contributed by atoms with Gasteiger partial charge in [-0.3, -0.25) is 4.79 Å². The second-order valence-electron chi connectivity index (χ2n) is 4.32. The fourth-order valence-electron chi connectivity index (χ4n) is 1.72. The smallest absolute Gasteiger partial charge is 0.354 e. The number of benzene rings is 1. The summed E-state index contributed by atoms with van der Waals surface area (Å²) in [5.74, 6) is -0.449. The normalized spacial score (nSPS) is 10.1. The minimum Gasteiger partial charge on any atom is -0.477 e. The highest BCUT2D eigenvalue weighted by Gasteiger charge is 2.08. The Morgan fingerprint density at radius 3 is 2.43 bits per heavy atom. The van der Waals surface area contributed by atoms with Crippen molar-refractivity contribution in [1.29, 1.82) is 0 Å². The van der Waals surface area contributed by atoms with Crippen molar-refractivity contribution in [1.82, 2.24) is 4.98 Å². The van der Waals surface area contributed by atoms with Crippen LogP contribution in [0, 0.1) is 0 Å². The predicted molar refractivity (Wildman–Crippen MR) is 82.8 cm³/mol.